The predicted molar refractivity (Wildman–Crippen MR) is 175 cm³/mol. The van der Waals surface area contributed by atoms with Gasteiger partial charge in [0.05, 0.1) is 0 Å². The minimum absolute atomic E-state index is 0.923. The second-order valence-electron chi connectivity index (χ2n) is 10.8. The van der Waals surface area contributed by atoms with E-state index < -0.39 is 0 Å². The smallest absolute Gasteiger partial charge is 0.143 e. The molecule has 0 unspecified atom stereocenters. The Hall–Kier alpha value is -5.40. The average molecular weight is 521 g/mol. The Bertz CT molecular complexity index is 2410. The molecule has 0 spiro atoms. The van der Waals surface area contributed by atoms with Crippen LogP contribution in [0.2, 0.25) is 0 Å². The summed E-state index contributed by atoms with van der Waals surface area (Å²) < 4.78 is 6.72. The molecule has 9 aromatic rings. The van der Waals surface area contributed by atoms with E-state index in [0.29, 0.717) is 0 Å². The first-order valence-corrected chi connectivity index (χ1v) is 14.1. The van der Waals surface area contributed by atoms with Gasteiger partial charge < -0.3 is 4.42 Å². The van der Waals surface area contributed by atoms with E-state index in [1.165, 1.54) is 65.2 Å². The average Bonchev–Trinajstić information content (AvgIpc) is 3.43. The summed E-state index contributed by atoms with van der Waals surface area (Å²) in [5.41, 5.74) is 6.74. The molecule has 0 N–H and O–H groups in total. The molecule has 0 fully saturated rings. The summed E-state index contributed by atoms with van der Waals surface area (Å²) in [7, 11) is 0. The van der Waals surface area contributed by atoms with Gasteiger partial charge in [-0.2, -0.15) is 0 Å². The molecule has 1 aromatic heterocycles. The van der Waals surface area contributed by atoms with Crippen LogP contribution >= 0.6 is 0 Å². The Kier molecular flexibility index (Phi) is 4.67. The van der Waals surface area contributed by atoms with Gasteiger partial charge in [-0.05, 0) is 60.3 Å². The topological polar surface area (TPSA) is 13.1 Å². The van der Waals surface area contributed by atoms with Gasteiger partial charge in [-0.15, -0.1) is 0 Å². The van der Waals surface area contributed by atoms with Crippen molar-refractivity contribution in [1.29, 1.82) is 0 Å². The highest BCUT2D eigenvalue weighted by Gasteiger charge is 2.21. The van der Waals surface area contributed by atoms with Crippen LogP contribution in [0.15, 0.2) is 150 Å². The molecule has 0 saturated carbocycles. The van der Waals surface area contributed by atoms with Crippen LogP contribution in [0.4, 0.5) is 0 Å². The second-order valence-corrected chi connectivity index (χ2v) is 10.8. The normalized spacial score (nSPS) is 11.9. The molecule has 0 aliphatic heterocycles. The number of fused-ring (bicyclic) bond motifs is 8. The summed E-state index contributed by atoms with van der Waals surface area (Å²) in [6.45, 7) is 0. The van der Waals surface area contributed by atoms with Crippen LogP contribution < -0.4 is 0 Å². The Morgan fingerprint density at radius 1 is 0.317 bits per heavy atom. The lowest BCUT2D eigenvalue weighted by molar-refractivity contribution is 0.670. The molecule has 1 heterocycles. The molecule has 0 saturated heterocycles. The van der Waals surface area contributed by atoms with Gasteiger partial charge in [0.15, 0.2) is 0 Å². The molecule has 0 amide bonds. The van der Waals surface area contributed by atoms with Crippen molar-refractivity contribution in [2.75, 3.05) is 0 Å². The molecular formula is C40H24O. The number of hydrogen-bond donors (Lipinski definition) is 0. The van der Waals surface area contributed by atoms with Crippen LogP contribution in [0.3, 0.4) is 0 Å². The van der Waals surface area contributed by atoms with Crippen LogP contribution in [0, 0.1) is 0 Å². The third kappa shape index (κ3) is 3.18. The van der Waals surface area contributed by atoms with Crippen molar-refractivity contribution in [3.8, 4) is 22.3 Å². The van der Waals surface area contributed by atoms with E-state index in [9.17, 15) is 0 Å². The summed E-state index contributed by atoms with van der Waals surface area (Å²) in [4.78, 5) is 0. The minimum Gasteiger partial charge on any atom is -0.455 e. The number of para-hydroxylation sites is 1. The fraction of sp³-hybridized carbons (Fsp3) is 0. The lowest BCUT2D eigenvalue weighted by atomic mass is 9.84. The first-order valence-electron chi connectivity index (χ1n) is 14.1. The van der Waals surface area contributed by atoms with Crippen molar-refractivity contribution in [2.45, 2.75) is 0 Å². The van der Waals surface area contributed by atoms with E-state index in [1.54, 1.807) is 0 Å². The first kappa shape index (κ1) is 22.4. The van der Waals surface area contributed by atoms with E-state index >= 15 is 0 Å². The molecular weight excluding hydrogens is 496 g/mol. The Morgan fingerprint density at radius 2 is 0.780 bits per heavy atom. The van der Waals surface area contributed by atoms with Gasteiger partial charge in [0.1, 0.15) is 11.2 Å². The zero-order chi connectivity index (χ0) is 26.9. The Labute approximate surface area is 236 Å². The maximum Gasteiger partial charge on any atom is 0.143 e. The van der Waals surface area contributed by atoms with Crippen LogP contribution in [0.1, 0.15) is 0 Å². The zero-order valence-electron chi connectivity index (χ0n) is 22.3. The Balaban J connectivity index is 1.45. The summed E-state index contributed by atoms with van der Waals surface area (Å²) in [5.74, 6) is 0. The lowest BCUT2D eigenvalue weighted by Crippen LogP contribution is -1.91. The van der Waals surface area contributed by atoms with E-state index in [0.717, 1.165) is 22.1 Å². The third-order valence-electron chi connectivity index (χ3n) is 8.65. The molecule has 190 valence electrons. The van der Waals surface area contributed by atoms with E-state index in [1.807, 2.05) is 0 Å². The second kappa shape index (κ2) is 8.55. The number of furan rings is 1. The Morgan fingerprint density at radius 3 is 1.46 bits per heavy atom. The predicted octanol–water partition coefficient (Wildman–Crippen LogP) is 11.5. The summed E-state index contributed by atoms with van der Waals surface area (Å²) >= 11 is 0. The van der Waals surface area contributed by atoms with Gasteiger partial charge in [-0.3, -0.25) is 0 Å². The number of hydrogen-bond acceptors (Lipinski definition) is 1. The van der Waals surface area contributed by atoms with Crippen molar-refractivity contribution in [2.24, 2.45) is 0 Å². The largest absolute Gasteiger partial charge is 0.455 e. The SMILES string of the molecule is c1ccc2c(-c3c4ccccc4c(-c4cccc5c4oc4ccc6ccccc6c45)c4ccccc34)cccc2c1. The molecule has 0 atom stereocenters. The fourth-order valence-corrected chi connectivity index (χ4v) is 6.92. The molecule has 8 aromatic carbocycles. The summed E-state index contributed by atoms with van der Waals surface area (Å²) in [5, 5.41) is 12.3. The van der Waals surface area contributed by atoms with Crippen molar-refractivity contribution in [3.63, 3.8) is 0 Å². The number of rotatable bonds is 2. The van der Waals surface area contributed by atoms with Crippen LogP contribution in [0.25, 0.3) is 87.3 Å². The quantitative estimate of drug-likeness (QED) is 0.207. The molecule has 0 aliphatic carbocycles. The molecule has 0 radical (unpaired) electrons. The standard InChI is InChI=1S/C40H24O/c1-3-14-27-25(11-1)13-9-20-29(27)37-30-16-5-7-18-32(30)38(33-19-8-6-17-31(33)37)34-21-10-22-35-39-28-15-4-2-12-26(28)23-24-36(39)41-40(34)35/h1-24H. The molecule has 41 heavy (non-hydrogen) atoms. The van der Waals surface area contributed by atoms with Gasteiger partial charge >= 0.3 is 0 Å². The van der Waals surface area contributed by atoms with E-state index in [4.69, 9.17) is 4.42 Å². The van der Waals surface area contributed by atoms with Crippen LogP contribution in [-0.4, -0.2) is 0 Å². The van der Waals surface area contributed by atoms with E-state index in [2.05, 4.69) is 146 Å². The molecule has 0 bridgehead atoms. The minimum atomic E-state index is 0.923. The van der Waals surface area contributed by atoms with Gasteiger partial charge in [0.2, 0.25) is 0 Å². The van der Waals surface area contributed by atoms with Crippen LogP contribution in [-0.2, 0) is 0 Å². The summed E-state index contributed by atoms with van der Waals surface area (Å²) in [6.07, 6.45) is 0. The van der Waals surface area contributed by atoms with Gasteiger partial charge in [0, 0.05) is 21.9 Å². The maximum absolute atomic E-state index is 6.72. The highest BCUT2D eigenvalue weighted by atomic mass is 16.3. The molecule has 1 heteroatoms. The van der Waals surface area contributed by atoms with Crippen molar-refractivity contribution in [3.05, 3.63) is 146 Å². The van der Waals surface area contributed by atoms with E-state index in [-0.39, 0.29) is 0 Å². The lowest BCUT2D eigenvalue weighted by Gasteiger charge is -2.18. The molecule has 1 nitrogen and oxygen atoms in total. The van der Waals surface area contributed by atoms with Gasteiger partial charge in [-0.25, -0.2) is 0 Å². The highest BCUT2D eigenvalue weighted by Crippen LogP contribution is 2.47. The van der Waals surface area contributed by atoms with Gasteiger partial charge in [-0.1, -0.05) is 140 Å². The third-order valence-corrected chi connectivity index (χ3v) is 8.65. The first-order chi connectivity index (χ1) is 20.4. The highest BCUT2D eigenvalue weighted by molar-refractivity contribution is 6.27. The fourth-order valence-electron chi connectivity index (χ4n) is 6.92. The number of benzene rings is 8. The summed E-state index contributed by atoms with van der Waals surface area (Å²) in [6, 6.07) is 52.5. The van der Waals surface area contributed by atoms with Crippen molar-refractivity contribution in [1.82, 2.24) is 0 Å². The monoisotopic (exact) mass is 520 g/mol. The zero-order valence-corrected chi connectivity index (χ0v) is 22.3. The van der Waals surface area contributed by atoms with Gasteiger partial charge in [0.25, 0.3) is 0 Å². The van der Waals surface area contributed by atoms with Crippen molar-refractivity contribution >= 4 is 65.0 Å². The molecule has 0 aliphatic rings. The maximum atomic E-state index is 6.72. The molecule has 9 rings (SSSR count). The van der Waals surface area contributed by atoms with Crippen LogP contribution in [0.5, 0.6) is 0 Å². The van der Waals surface area contributed by atoms with Crippen molar-refractivity contribution < 1.29 is 4.42 Å².